The number of para-hydroxylation sites is 1. The van der Waals surface area contributed by atoms with Crippen LogP contribution < -0.4 is 16.6 Å². The summed E-state index contributed by atoms with van der Waals surface area (Å²) in [5.74, 6) is 5.27. The van der Waals surface area contributed by atoms with Crippen molar-refractivity contribution in [1.29, 1.82) is 0 Å². The van der Waals surface area contributed by atoms with Crippen molar-refractivity contribution < 1.29 is 4.92 Å². The lowest BCUT2D eigenvalue weighted by molar-refractivity contribution is -0.383. The Bertz CT molecular complexity index is 664. The van der Waals surface area contributed by atoms with Crippen LogP contribution in [0.2, 0.25) is 10.0 Å². The summed E-state index contributed by atoms with van der Waals surface area (Å²) in [6, 6.07) is 9.51. The first-order valence-electron chi connectivity index (χ1n) is 5.49. The number of hydrogen-bond donors (Lipinski definition) is 3. The highest BCUT2D eigenvalue weighted by Crippen LogP contribution is 2.36. The van der Waals surface area contributed by atoms with Crippen LogP contribution >= 0.6 is 23.2 Å². The molecule has 0 amide bonds. The molecule has 0 aliphatic heterocycles. The van der Waals surface area contributed by atoms with E-state index >= 15 is 0 Å². The van der Waals surface area contributed by atoms with Crippen molar-refractivity contribution in [3.8, 4) is 0 Å². The summed E-state index contributed by atoms with van der Waals surface area (Å²) >= 11 is 11.8. The second kappa shape index (κ2) is 5.96. The number of nitrogen functional groups attached to an aromatic ring is 1. The third-order valence-corrected chi connectivity index (χ3v) is 3.12. The van der Waals surface area contributed by atoms with Crippen molar-refractivity contribution in [2.75, 3.05) is 10.7 Å². The van der Waals surface area contributed by atoms with Gasteiger partial charge in [0, 0.05) is 5.02 Å². The standard InChI is InChI=1S/C12H10Cl2N4O2/c13-7-4-5-9(8(14)6-7)16-10-2-1-3-11(17-15)12(10)18(19)20/h1-6,16-17H,15H2. The van der Waals surface area contributed by atoms with Crippen molar-refractivity contribution in [3.63, 3.8) is 0 Å². The molecule has 2 rings (SSSR count). The quantitative estimate of drug-likeness (QED) is 0.452. The first-order chi connectivity index (χ1) is 9.52. The molecule has 0 atom stereocenters. The van der Waals surface area contributed by atoms with Crippen molar-refractivity contribution in [2.45, 2.75) is 0 Å². The van der Waals surface area contributed by atoms with Gasteiger partial charge in [-0.15, -0.1) is 0 Å². The number of nitro groups is 1. The fourth-order valence-electron chi connectivity index (χ4n) is 1.69. The Labute approximate surface area is 124 Å². The van der Waals surface area contributed by atoms with Crippen molar-refractivity contribution >= 4 is 46.0 Å². The van der Waals surface area contributed by atoms with E-state index in [1.165, 1.54) is 6.07 Å². The minimum Gasteiger partial charge on any atom is -0.349 e. The minimum atomic E-state index is -0.526. The van der Waals surface area contributed by atoms with Gasteiger partial charge < -0.3 is 10.7 Å². The molecule has 0 bridgehead atoms. The summed E-state index contributed by atoms with van der Waals surface area (Å²) < 4.78 is 0. The molecule has 0 aliphatic carbocycles. The third kappa shape index (κ3) is 2.93. The topological polar surface area (TPSA) is 93.2 Å². The number of hydrazine groups is 1. The van der Waals surface area contributed by atoms with Gasteiger partial charge in [0.05, 0.1) is 15.6 Å². The predicted octanol–water partition coefficient (Wildman–Crippen LogP) is 3.93. The number of halogens is 2. The van der Waals surface area contributed by atoms with Gasteiger partial charge in [-0.2, -0.15) is 0 Å². The average Bonchev–Trinajstić information content (AvgIpc) is 2.41. The molecule has 104 valence electrons. The Morgan fingerprint density at radius 3 is 2.40 bits per heavy atom. The number of rotatable bonds is 4. The second-order valence-electron chi connectivity index (χ2n) is 3.85. The monoisotopic (exact) mass is 312 g/mol. The normalized spacial score (nSPS) is 10.2. The second-order valence-corrected chi connectivity index (χ2v) is 4.70. The smallest absolute Gasteiger partial charge is 0.316 e. The largest absolute Gasteiger partial charge is 0.349 e. The van der Waals surface area contributed by atoms with Crippen LogP contribution in [0.15, 0.2) is 36.4 Å². The van der Waals surface area contributed by atoms with Gasteiger partial charge in [-0.05, 0) is 30.3 Å². The number of hydrogen-bond acceptors (Lipinski definition) is 5. The van der Waals surface area contributed by atoms with Gasteiger partial charge in [-0.25, -0.2) is 0 Å². The number of nitro benzene ring substituents is 1. The van der Waals surface area contributed by atoms with E-state index in [0.29, 0.717) is 15.7 Å². The molecule has 4 N–H and O–H groups in total. The molecule has 2 aromatic rings. The fraction of sp³-hybridized carbons (Fsp3) is 0. The molecule has 0 aromatic heterocycles. The van der Waals surface area contributed by atoms with Crippen molar-refractivity contribution in [1.82, 2.24) is 0 Å². The fourth-order valence-corrected chi connectivity index (χ4v) is 2.15. The molecule has 2 aromatic carbocycles. The summed E-state index contributed by atoms with van der Waals surface area (Å²) in [6.45, 7) is 0. The van der Waals surface area contributed by atoms with E-state index in [4.69, 9.17) is 29.0 Å². The van der Waals surface area contributed by atoms with E-state index in [9.17, 15) is 10.1 Å². The summed E-state index contributed by atoms with van der Waals surface area (Å²) in [4.78, 5) is 10.6. The molecule has 20 heavy (non-hydrogen) atoms. The zero-order valence-electron chi connectivity index (χ0n) is 10.1. The highest BCUT2D eigenvalue weighted by atomic mass is 35.5. The molecule has 0 spiro atoms. The van der Waals surface area contributed by atoms with Gasteiger partial charge in [0.15, 0.2) is 0 Å². The van der Waals surface area contributed by atoms with Gasteiger partial charge >= 0.3 is 5.69 Å². The summed E-state index contributed by atoms with van der Waals surface area (Å²) in [5.41, 5.74) is 3.11. The lowest BCUT2D eigenvalue weighted by atomic mass is 10.2. The van der Waals surface area contributed by atoms with E-state index in [2.05, 4.69) is 10.7 Å². The predicted molar refractivity (Wildman–Crippen MR) is 80.7 cm³/mol. The van der Waals surface area contributed by atoms with E-state index < -0.39 is 4.92 Å². The number of nitrogens with zero attached hydrogens (tertiary/aromatic N) is 1. The lowest BCUT2D eigenvalue weighted by Gasteiger charge is -2.11. The van der Waals surface area contributed by atoms with Crippen LogP contribution in [0, 0.1) is 10.1 Å². The number of nitrogens with one attached hydrogen (secondary N) is 2. The highest BCUT2D eigenvalue weighted by Gasteiger charge is 2.19. The SMILES string of the molecule is NNc1cccc(Nc2ccc(Cl)cc2Cl)c1[N+](=O)[O-]. The summed E-state index contributed by atoms with van der Waals surface area (Å²) in [5, 5.41) is 14.9. The van der Waals surface area contributed by atoms with Gasteiger partial charge in [-0.1, -0.05) is 29.3 Å². The van der Waals surface area contributed by atoms with E-state index in [1.807, 2.05) is 0 Å². The highest BCUT2D eigenvalue weighted by molar-refractivity contribution is 6.36. The average molecular weight is 313 g/mol. The maximum atomic E-state index is 11.1. The Kier molecular flexibility index (Phi) is 4.29. The molecule has 0 saturated heterocycles. The number of benzene rings is 2. The van der Waals surface area contributed by atoms with Gasteiger partial charge in [0.2, 0.25) is 0 Å². The van der Waals surface area contributed by atoms with Gasteiger partial charge in [0.1, 0.15) is 11.4 Å². The van der Waals surface area contributed by atoms with Crippen molar-refractivity contribution in [2.24, 2.45) is 5.84 Å². The zero-order chi connectivity index (χ0) is 14.7. The van der Waals surface area contributed by atoms with Gasteiger partial charge in [0.25, 0.3) is 0 Å². The van der Waals surface area contributed by atoms with Crippen LogP contribution in [0.1, 0.15) is 0 Å². The van der Waals surface area contributed by atoms with Crippen LogP contribution in [-0.4, -0.2) is 4.92 Å². The first kappa shape index (κ1) is 14.4. The summed E-state index contributed by atoms with van der Waals surface area (Å²) in [6.07, 6.45) is 0. The molecule has 0 heterocycles. The molecule has 0 saturated carbocycles. The number of anilines is 3. The van der Waals surface area contributed by atoms with E-state index in [1.54, 1.807) is 30.3 Å². The zero-order valence-corrected chi connectivity index (χ0v) is 11.6. The Balaban J connectivity index is 2.45. The maximum absolute atomic E-state index is 11.1. The Morgan fingerprint density at radius 1 is 1.10 bits per heavy atom. The molecule has 8 heteroatoms. The molecule has 0 fully saturated rings. The molecular formula is C12H10Cl2N4O2. The third-order valence-electron chi connectivity index (χ3n) is 2.57. The minimum absolute atomic E-state index is 0.166. The van der Waals surface area contributed by atoms with Crippen LogP contribution in [0.25, 0.3) is 0 Å². The molecular weight excluding hydrogens is 303 g/mol. The molecule has 0 aliphatic rings. The van der Waals surface area contributed by atoms with Crippen molar-refractivity contribution in [3.05, 3.63) is 56.6 Å². The van der Waals surface area contributed by atoms with Crippen LogP contribution in [0.4, 0.5) is 22.7 Å². The maximum Gasteiger partial charge on any atom is 0.316 e. The van der Waals surface area contributed by atoms with Crippen LogP contribution in [-0.2, 0) is 0 Å². The van der Waals surface area contributed by atoms with E-state index in [0.717, 1.165) is 0 Å². The van der Waals surface area contributed by atoms with Gasteiger partial charge in [-0.3, -0.25) is 16.0 Å². The summed E-state index contributed by atoms with van der Waals surface area (Å²) in [7, 11) is 0. The Hall–Kier alpha value is -2.02. The van der Waals surface area contributed by atoms with Crippen LogP contribution in [0.3, 0.4) is 0 Å². The first-order valence-corrected chi connectivity index (χ1v) is 6.24. The van der Waals surface area contributed by atoms with Crippen LogP contribution in [0.5, 0.6) is 0 Å². The number of nitrogens with two attached hydrogens (primary N) is 1. The molecule has 0 radical (unpaired) electrons. The molecule has 6 nitrogen and oxygen atoms in total. The van der Waals surface area contributed by atoms with E-state index in [-0.39, 0.29) is 17.1 Å². The lowest BCUT2D eigenvalue weighted by Crippen LogP contribution is -2.10. The molecule has 0 unspecified atom stereocenters. The Morgan fingerprint density at radius 2 is 1.80 bits per heavy atom.